The molecule has 0 amide bonds. The van der Waals surface area contributed by atoms with Crippen LogP contribution in [0.2, 0.25) is 0 Å². The molecular formula is C8H12N2OS. The summed E-state index contributed by atoms with van der Waals surface area (Å²) >= 11 is 1.65. The standard InChI is InChI=1S/C8H12N2OS/c1-10(7-4-6(7)5-11)8-9-2-3-12-8/h2-3,6-7,11H,4-5H2,1H3. The first-order valence-electron chi connectivity index (χ1n) is 4.06. The van der Waals surface area contributed by atoms with E-state index in [9.17, 15) is 0 Å². The van der Waals surface area contributed by atoms with E-state index in [-0.39, 0.29) is 0 Å². The maximum absolute atomic E-state index is 8.88. The van der Waals surface area contributed by atoms with Crippen molar-refractivity contribution in [1.29, 1.82) is 0 Å². The fourth-order valence-corrected chi connectivity index (χ4v) is 2.10. The van der Waals surface area contributed by atoms with E-state index in [4.69, 9.17) is 5.11 Å². The lowest BCUT2D eigenvalue weighted by Gasteiger charge is -2.14. The SMILES string of the molecule is CN(c1nccs1)C1CC1CO. The topological polar surface area (TPSA) is 36.4 Å². The molecule has 0 saturated heterocycles. The van der Waals surface area contributed by atoms with Gasteiger partial charge >= 0.3 is 0 Å². The number of nitrogens with zero attached hydrogens (tertiary/aromatic N) is 2. The third-order valence-electron chi connectivity index (χ3n) is 2.34. The van der Waals surface area contributed by atoms with Crippen molar-refractivity contribution in [3.8, 4) is 0 Å². The van der Waals surface area contributed by atoms with Crippen molar-refractivity contribution >= 4 is 16.5 Å². The number of aromatic nitrogens is 1. The van der Waals surface area contributed by atoms with Gasteiger partial charge in [0.05, 0.1) is 0 Å². The highest BCUT2D eigenvalue weighted by molar-refractivity contribution is 7.13. The molecule has 0 spiro atoms. The second-order valence-electron chi connectivity index (χ2n) is 3.17. The van der Waals surface area contributed by atoms with Gasteiger partial charge in [0.15, 0.2) is 5.13 Å². The molecule has 2 unspecified atom stereocenters. The molecule has 66 valence electrons. The smallest absolute Gasteiger partial charge is 0.185 e. The average Bonchev–Trinajstić information content (AvgIpc) is 2.68. The number of thiazole rings is 1. The summed E-state index contributed by atoms with van der Waals surface area (Å²) < 4.78 is 0. The Kier molecular flexibility index (Phi) is 2.02. The maximum Gasteiger partial charge on any atom is 0.185 e. The van der Waals surface area contributed by atoms with Crippen LogP contribution in [0.4, 0.5) is 5.13 Å². The molecule has 4 heteroatoms. The minimum absolute atomic E-state index is 0.306. The Balaban J connectivity index is 1.99. The molecule has 2 atom stereocenters. The number of aliphatic hydroxyl groups excluding tert-OH is 1. The number of anilines is 1. The van der Waals surface area contributed by atoms with E-state index in [1.807, 2.05) is 18.6 Å². The first kappa shape index (κ1) is 8.01. The molecule has 1 aliphatic carbocycles. The monoisotopic (exact) mass is 184 g/mol. The highest BCUT2D eigenvalue weighted by Crippen LogP contribution is 2.37. The lowest BCUT2D eigenvalue weighted by Crippen LogP contribution is -2.21. The van der Waals surface area contributed by atoms with Crippen LogP contribution in [-0.2, 0) is 0 Å². The van der Waals surface area contributed by atoms with Gasteiger partial charge < -0.3 is 10.0 Å². The van der Waals surface area contributed by atoms with Crippen LogP contribution in [0.3, 0.4) is 0 Å². The zero-order chi connectivity index (χ0) is 8.55. The van der Waals surface area contributed by atoms with Crippen molar-refractivity contribution in [2.24, 2.45) is 5.92 Å². The maximum atomic E-state index is 8.88. The second kappa shape index (κ2) is 3.03. The lowest BCUT2D eigenvalue weighted by molar-refractivity contribution is 0.273. The van der Waals surface area contributed by atoms with Crippen LogP contribution in [0, 0.1) is 5.92 Å². The zero-order valence-corrected chi connectivity index (χ0v) is 7.79. The fraction of sp³-hybridized carbons (Fsp3) is 0.625. The van der Waals surface area contributed by atoms with Gasteiger partial charge in [0, 0.05) is 37.2 Å². The Hall–Kier alpha value is -0.610. The van der Waals surface area contributed by atoms with Crippen LogP contribution < -0.4 is 4.90 Å². The Morgan fingerprint density at radius 3 is 3.17 bits per heavy atom. The molecule has 0 aliphatic heterocycles. The highest BCUT2D eigenvalue weighted by atomic mass is 32.1. The number of aliphatic hydroxyl groups is 1. The third-order valence-corrected chi connectivity index (χ3v) is 3.20. The van der Waals surface area contributed by atoms with Gasteiger partial charge in [0.1, 0.15) is 0 Å². The van der Waals surface area contributed by atoms with Crippen molar-refractivity contribution in [1.82, 2.24) is 4.98 Å². The molecule has 2 rings (SSSR count). The molecule has 1 aromatic rings. The van der Waals surface area contributed by atoms with Crippen molar-refractivity contribution in [3.63, 3.8) is 0 Å². The largest absolute Gasteiger partial charge is 0.396 e. The molecular weight excluding hydrogens is 172 g/mol. The molecule has 0 aromatic carbocycles. The van der Waals surface area contributed by atoms with E-state index < -0.39 is 0 Å². The predicted octanol–water partition coefficient (Wildman–Crippen LogP) is 0.960. The molecule has 12 heavy (non-hydrogen) atoms. The van der Waals surface area contributed by atoms with Crippen molar-refractivity contribution in [2.45, 2.75) is 12.5 Å². The molecule has 3 nitrogen and oxygen atoms in total. The van der Waals surface area contributed by atoms with E-state index in [2.05, 4.69) is 9.88 Å². The van der Waals surface area contributed by atoms with Crippen LogP contribution >= 0.6 is 11.3 Å². The van der Waals surface area contributed by atoms with Gasteiger partial charge in [-0.2, -0.15) is 0 Å². The van der Waals surface area contributed by atoms with Gasteiger partial charge in [-0.1, -0.05) is 0 Å². The minimum Gasteiger partial charge on any atom is -0.396 e. The Bertz CT molecular complexity index is 250. The van der Waals surface area contributed by atoms with E-state index >= 15 is 0 Å². The normalized spacial score (nSPS) is 27.2. The summed E-state index contributed by atoms with van der Waals surface area (Å²) in [6, 6.07) is 0.515. The van der Waals surface area contributed by atoms with Crippen LogP contribution in [0.5, 0.6) is 0 Å². The zero-order valence-electron chi connectivity index (χ0n) is 6.97. The van der Waals surface area contributed by atoms with Gasteiger partial charge in [-0.05, 0) is 6.42 Å². The summed E-state index contributed by atoms with van der Waals surface area (Å²) in [5.41, 5.74) is 0. The molecule has 0 bridgehead atoms. The van der Waals surface area contributed by atoms with E-state index in [0.717, 1.165) is 11.6 Å². The van der Waals surface area contributed by atoms with Crippen molar-refractivity contribution in [3.05, 3.63) is 11.6 Å². The molecule has 1 heterocycles. The Morgan fingerprint density at radius 1 is 1.83 bits per heavy atom. The van der Waals surface area contributed by atoms with Gasteiger partial charge in [-0.15, -0.1) is 11.3 Å². The van der Waals surface area contributed by atoms with Crippen molar-refractivity contribution < 1.29 is 5.11 Å². The van der Waals surface area contributed by atoms with Crippen molar-refractivity contribution in [2.75, 3.05) is 18.6 Å². The predicted molar refractivity (Wildman–Crippen MR) is 49.5 cm³/mol. The number of hydrogen-bond donors (Lipinski definition) is 1. The fourth-order valence-electron chi connectivity index (χ4n) is 1.43. The molecule has 1 N–H and O–H groups in total. The van der Waals surface area contributed by atoms with Gasteiger partial charge in [0.2, 0.25) is 0 Å². The summed E-state index contributed by atoms with van der Waals surface area (Å²) in [5.74, 6) is 0.471. The number of hydrogen-bond acceptors (Lipinski definition) is 4. The highest BCUT2D eigenvalue weighted by Gasteiger charge is 2.40. The molecule has 1 saturated carbocycles. The first-order valence-corrected chi connectivity index (χ1v) is 4.94. The second-order valence-corrected chi connectivity index (χ2v) is 4.04. The Morgan fingerprint density at radius 2 is 2.67 bits per heavy atom. The van der Waals surface area contributed by atoms with E-state index in [0.29, 0.717) is 18.6 Å². The lowest BCUT2D eigenvalue weighted by atomic mass is 10.4. The molecule has 1 fully saturated rings. The van der Waals surface area contributed by atoms with Crippen LogP contribution in [0.25, 0.3) is 0 Å². The third kappa shape index (κ3) is 1.32. The summed E-state index contributed by atoms with van der Waals surface area (Å²) in [7, 11) is 2.04. The quantitative estimate of drug-likeness (QED) is 0.760. The molecule has 1 aromatic heterocycles. The molecule has 0 radical (unpaired) electrons. The van der Waals surface area contributed by atoms with Gasteiger partial charge in [-0.25, -0.2) is 4.98 Å². The van der Waals surface area contributed by atoms with E-state index in [1.54, 1.807) is 11.3 Å². The average molecular weight is 184 g/mol. The van der Waals surface area contributed by atoms with Gasteiger partial charge in [-0.3, -0.25) is 0 Å². The molecule has 1 aliphatic rings. The summed E-state index contributed by atoms with van der Waals surface area (Å²) in [5, 5.41) is 11.9. The van der Waals surface area contributed by atoms with Crippen LogP contribution in [-0.4, -0.2) is 29.8 Å². The van der Waals surface area contributed by atoms with Crippen LogP contribution in [0.1, 0.15) is 6.42 Å². The summed E-state index contributed by atoms with van der Waals surface area (Å²) in [6.45, 7) is 0.306. The van der Waals surface area contributed by atoms with E-state index in [1.165, 1.54) is 0 Å². The minimum atomic E-state index is 0.306. The summed E-state index contributed by atoms with van der Waals surface area (Å²) in [4.78, 5) is 6.37. The summed E-state index contributed by atoms with van der Waals surface area (Å²) in [6.07, 6.45) is 2.92. The number of rotatable bonds is 3. The first-order chi connectivity index (χ1) is 5.83. The Labute approximate surface area is 75.7 Å². The van der Waals surface area contributed by atoms with Crippen LogP contribution in [0.15, 0.2) is 11.6 Å². The van der Waals surface area contributed by atoms with Gasteiger partial charge in [0.25, 0.3) is 0 Å².